The van der Waals surface area contributed by atoms with Crippen LogP contribution in [0.4, 0.5) is 11.4 Å². The third-order valence-corrected chi connectivity index (χ3v) is 3.69. The van der Waals surface area contributed by atoms with E-state index in [4.69, 9.17) is 0 Å². The van der Waals surface area contributed by atoms with Gasteiger partial charge in [0.15, 0.2) is 6.29 Å². The van der Waals surface area contributed by atoms with Crippen molar-refractivity contribution in [2.24, 2.45) is 0 Å². The Morgan fingerprint density at radius 3 is 2.88 bits per heavy atom. The topological polar surface area (TPSA) is 29.1 Å². The molecule has 0 atom stereocenters. The van der Waals surface area contributed by atoms with E-state index in [1.165, 1.54) is 14.7 Å². The van der Waals surface area contributed by atoms with Gasteiger partial charge < -0.3 is 5.32 Å². The molecule has 0 radical (unpaired) electrons. The summed E-state index contributed by atoms with van der Waals surface area (Å²) in [7, 11) is 0. The zero-order chi connectivity index (χ0) is 11.8. The second-order valence-electron chi connectivity index (χ2n) is 4.10. The van der Waals surface area contributed by atoms with E-state index in [1.54, 1.807) is 0 Å². The van der Waals surface area contributed by atoms with Crippen molar-refractivity contribution in [3.63, 3.8) is 0 Å². The van der Waals surface area contributed by atoms with Crippen LogP contribution in [0.25, 0.3) is 0 Å². The van der Waals surface area contributed by atoms with Gasteiger partial charge >= 0.3 is 0 Å². The lowest BCUT2D eigenvalue weighted by molar-refractivity contribution is 0.112. The first-order chi connectivity index (χ1) is 8.28. The van der Waals surface area contributed by atoms with Crippen LogP contribution in [0.5, 0.6) is 0 Å². The van der Waals surface area contributed by atoms with Crippen LogP contribution in [0.15, 0.2) is 36.4 Å². The van der Waals surface area contributed by atoms with Crippen molar-refractivity contribution >= 4 is 40.3 Å². The average Bonchev–Trinajstić information content (AvgIpc) is 2.35. The minimum Gasteiger partial charge on any atom is -0.354 e. The van der Waals surface area contributed by atoms with E-state index in [-0.39, 0.29) is 0 Å². The number of nitrogens with one attached hydrogen (secondary N) is 1. The quantitative estimate of drug-likeness (QED) is 0.542. The van der Waals surface area contributed by atoms with Crippen LogP contribution in [0, 0.1) is 3.57 Å². The molecule has 1 heterocycles. The smallest absolute Gasteiger partial charge is 0.152 e. The summed E-state index contributed by atoms with van der Waals surface area (Å²) in [5, 5.41) is 3.36. The summed E-state index contributed by atoms with van der Waals surface area (Å²) < 4.78 is 1.20. The summed E-state index contributed by atoms with van der Waals surface area (Å²) in [6.07, 6.45) is 1.79. The number of hydrogen-bond donors (Lipinski definition) is 1. The highest BCUT2D eigenvalue weighted by atomic mass is 127. The molecule has 0 saturated carbocycles. The maximum Gasteiger partial charge on any atom is 0.152 e. The van der Waals surface area contributed by atoms with Gasteiger partial charge in [0.05, 0.1) is 5.69 Å². The van der Waals surface area contributed by atoms with Crippen molar-refractivity contribution < 1.29 is 4.79 Å². The summed E-state index contributed by atoms with van der Waals surface area (Å²) in [5.74, 6) is 0. The van der Waals surface area contributed by atoms with E-state index in [2.05, 4.69) is 52.2 Å². The molecule has 0 spiro atoms. The summed E-state index contributed by atoms with van der Waals surface area (Å²) in [4.78, 5) is 11.0. The molecule has 0 saturated heterocycles. The maximum atomic E-state index is 11.0. The molecule has 3 heteroatoms. The van der Waals surface area contributed by atoms with Crippen molar-refractivity contribution in [1.82, 2.24) is 0 Å². The monoisotopic (exact) mass is 335 g/mol. The van der Waals surface area contributed by atoms with E-state index in [1.807, 2.05) is 12.1 Å². The zero-order valence-corrected chi connectivity index (χ0v) is 11.2. The van der Waals surface area contributed by atoms with Gasteiger partial charge in [-0.15, -0.1) is 0 Å². The van der Waals surface area contributed by atoms with Gasteiger partial charge in [-0.3, -0.25) is 4.79 Å². The van der Waals surface area contributed by atoms with Crippen LogP contribution >= 0.6 is 22.6 Å². The average molecular weight is 335 g/mol. The highest BCUT2D eigenvalue weighted by Gasteiger charge is 2.16. The highest BCUT2D eigenvalue weighted by Crippen LogP contribution is 2.35. The second kappa shape index (κ2) is 4.14. The van der Waals surface area contributed by atoms with Crippen molar-refractivity contribution in [2.45, 2.75) is 6.42 Å². The van der Waals surface area contributed by atoms with Crippen LogP contribution in [-0.2, 0) is 6.42 Å². The van der Waals surface area contributed by atoms with Crippen LogP contribution in [0.1, 0.15) is 21.5 Å². The Labute approximate surface area is 113 Å². The highest BCUT2D eigenvalue weighted by molar-refractivity contribution is 14.1. The second-order valence-corrected chi connectivity index (χ2v) is 5.35. The zero-order valence-electron chi connectivity index (χ0n) is 9.03. The molecule has 0 bridgehead atoms. The van der Waals surface area contributed by atoms with Crippen molar-refractivity contribution in [3.8, 4) is 0 Å². The van der Waals surface area contributed by atoms with E-state index >= 15 is 0 Å². The first-order valence-corrected chi connectivity index (χ1v) is 6.48. The molecule has 0 fully saturated rings. The van der Waals surface area contributed by atoms with Gasteiger partial charge in [0, 0.05) is 21.2 Å². The summed E-state index contributed by atoms with van der Waals surface area (Å²) in [6.45, 7) is 0. The Morgan fingerprint density at radius 2 is 2.06 bits per heavy atom. The molecule has 2 nitrogen and oxygen atoms in total. The van der Waals surface area contributed by atoms with Gasteiger partial charge in [-0.2, -0.15) is 0 Å². The molecule has 1 aliphatic rings. The van der Waals surface area contributed by atoms with E-state index in [0.717, 1.165) is 29.6 Å². The largest absolute Gasteiger partial charge is 0.354 e. The number of rotatable bonds is 1. The van der Waals surface area contributed by atoms with Crippen molar-refractivity contribution in [2.75, 3.05) is 5.32 Å². The summed E-state index contributed by atoms with van der Waals surface area (Å²) in [6, 6.07) is 12.2. The molecule has 84 valence electrons. The summed E-state index contributed by atoms with van der Waals surface area (Å²) in [5.41, 5.74) is 5.26. The van der Waals surface area contributed by atoms with Gasteiger partial charge in [0.2, 0.25) is 0 Å². The van der Waals surface area contributed by atoms with E-state index in [0.29, 0.717) is 0 Å². The standard InChI is InChI=1S/C14H10INO/c15-12-5-4-9-6-10-2-1-3-11(8-17)14(10)16-13(9)7-12/h1-5,7-8,16H,6H2. The number of benzene rings is 2. The number of halogens is 1. The van der Waals surface area contributed by atoms with Crippen LogP contribution < -0.4 is 5.32 Å². The molecule has 1 aliphatic heterocycles. The Morgan fingerprint density at radius 1 is 1.18 bits per heavy atom. The third kappa shape index (κ3) is 1.84. The molecule has 2 aromatic rings. The van der Waals surface area contributed by atoms with Gasteiger partial charge in [0.1, 0.15) is 0 Å². The van der Waals surface area contributed by atoms with Crippen molar-refractivity contribution in [3.05, 3.63) is 56.7 Å². The third-order valence-electron chi connectivity index (χ3n) is 3.02. The summed E-state index contributed by atoms with van der Waals surface area (Å²) >= 11 is 2.29. The first-order valence-electron chi connectivity index (χ1n) is 5.40. The van der Waals surface area contributed by atoms with Crippen molar-refractivity contribution in [1.29, 1.82) is 0 Å². The van der Waals surface area contributed by atoms with Gasteiger partial charge in [-0.05, 0) is 51.9 Å². The molecule has 0 amide bonds. The minimum atomic E-state index is 0.729. The fraction of sp³-hybridized carbons (Fsp3) is 0.0714. The molecule has 0 unspecified atom stereocenters. The molecular formula is C14H10INO. The van der Waals surface area contributed by atoms with Crippen LogP contribution in [0.2, 0.25) is 0 Å². The molecular weight excluding hydrogens is 325 g/mol. The molecule has 2 aromatic carbocycles. The van der Waals surface area contributed by atoms with Gasteiger partial charge in [0.25, 0.3) is 0 Å². The predicted molar refractivity (Wildman–Crippen MR) is 77.1 cm³/mol. The normalized spacial score (nSPS) is 12.3. The Kier molecular flexibility index (Phi) is 2.63. The number of anilines is 2. The van der Waals surface area contributed by atoms with E-state index in [9.17, 15) is 4.79 Å². The Hall–Kier alpha value is -1.36. The number of aldehydes is 1. The van der Waals surface area contributed by atoms with Gasteiger partial charge in [-0.25, -0.2) is 0 Å². The number of carbonyl (C=O) groups is 1. The number of hydrogen-bond acceptors (Lipinski definition) is 2. The first kappa shape index (κ1) is 10.8. The number of fused-ring (bicyclic) bond motifs is 2. The molecule has 1 N–H and O–H groups in total. The van der Waals surface area contributed by atoms with E-state index < -0.39 is 0 Å². The lowest BCUT2D eigenvalue weighted by atomic mass is 9.95. The minimum absolute atomic E-state index is 0.729. The lowest BCUT2D eigenvalue weighted by Crippen LogP contribution is -2.09. The van der Waals surface area contributed by atoms with Gasteiger partial charge in [-0.1, -0.05) is 18.2 Å². The fourth-order valence-electron chi connectivity index (χ4n) is 2.18. The molecule has 3 rings (SSSR count). The molecule has 17 heavy (non-hydrogen) atoms. The Bertz CT molecular complexity index is 607. The molecule has 0 aliphatic carbocycles. The predicted octanol–water partition coefficient (Wildman–Crippen LogP) is 3.75. The number of para-hydroxylation sites is 1. The SMILES string of the molecule is O=Cc1cccc2c1Nc1cc(I)ccc1C2. The maximum absolute atomic E-state index is 11.0. The van der Waals surface area contributed by atoms with Crippen LogP contribution in [0.3, 0.4) is 0 Å². The fourth-order valence-corrected chi connectivity index (χ4v) is 2.67. The lowest BCUT2D eigenvalue weighted by Gasteiger charge is -2.22. The van der Waals surface area contributed by atoms with Crippen LogP contribution in [-0.4, -0.2) is 6.29 Å². The Balaban J connectivity index is 2.14. The number of carbonyl (C=O) groups excluding carboxylic acids is 1. The molecule has 0 aromatic heterocycles.